The second kappa shape index (κ2) is 4.43. The van der Waals surface area contributed by atoms with Crippen LogP contribution in [0.25, 0.3) is 0 Å². The van der Waals surface area contributed by atoms with Crippen molar-refractivity contribution in [1.29, 1.82) is 0 Å². The molecule has 0 bridgehead atoms. The first-order valence-corrected chi connectivity index (χ1v) is 5.36. The number of ether oxygens (including phenoxy) is 2. The van der Waals surface area contributed by atoms with Gasteiger partial charge in [0.05, 0.1) is 5.41 Å². The molecule has 0 radical (unpaired) electrons. The van der Waals surface area contributed by atoms with Gasteiger partial charge >= 0.3 is 6.16 Å². The van der Waals surface area contributed by atoms with Crippen molar-refractivity contribution in [2.24, 2.45) is 0 Å². The predicted molar refractivity (Wildman–Crippen MR) is 45.9 cm³/mol. The Morgan fingerprint density at radius 2 is 2.36 bits per heavy atom. The van der Waals surface area contributed by atoms with Crippen molar-refractivity contribution in [1.82, 2.24) is 0 Å². The van der Waals surface area contributed by atoms with E-state index in [1.807, 2.05) is 0 Å². The zero-order valence-corrected chi connectivity index (χ0v) is 8.32. The standard InChI is InChI=1S/C7H10O6S/c1-2-3-14(9,10)12-5-6-4-11-7(8)13-6/h2-3,6H,4-5H2,1H3/b3-2-. The van der Waals surface area contributed by atoms with Crippen LogP contribution >= 0.6 is 0 Å². The Hall–Kier alpha value is -1.08. The molecule has 6 nitrogen and oxygen atoms in total. The maximum absolute atomic E-state index is 11.0. The third-order valence-electron chi connectivity index (χ3n) is 1.37. The van der Waals surface area contributed by atoms with Crippen LogP contribution in [0.15, 0.2) is 11.5 Å². The number of hydrogen-bond acceptors (Lipinski definition) is 6. The Kier molecular flexibility index (Phi) is 3.48. The largest absolute Gasteiger partial charge is 0.508 e. The van der Waals surface area contributed by atoms with Crippen LogP contribution in [0.1, 0.15) is 6.92 Å². The molecule has 80 valence electrons. The lowest BCUT2D eigenvalue weighted by Crippen LogP contribution is -2.20. The Morgan fingerprint density at radius 1 is 1.64 bits per heavy atom. The highest BCUT2D eigenvalue weighted by Crippen LogP contribution is 2.08. The molecule has 7 heteroatoms. The maximum atomic E-state index is 11.0. The molecule has 1 saturated heterocycles. The number of allylic oxidation sites excluding steroid dienone is 1. The fraction of sp³-hybridized carbons (Fsp3) is 0.571. The summed E-state index contributed by atoms with van der Waals surface area (Å²) in [6.07, 6.45) is -0.114. The number of carbonyl (C=O) groups is 1. The SMILES string of the molecule is C/C=C\S(=O)(=O)OCC1COC(=O)O1. The molecule has 1 heterocycles. The molecule has 1 aliphatic rings. The molecule has 1 aliphatic heterocycles. The molecule has 0 aromatic carbocycles. The van der Waals surface area contributed by atoms with Crippen LogP contribution in [0.4, 0.5) is 4.79 Å². The molecule has 0 spiro atoms. The zero-order valence-electron chi connectivity index (χ0n) is 7.50. The second-order valence-electron chi connectivity index (χ2n) is 2.55. The molecular weight excluding hydrogens is 212 g/mol. The summed E-state index contributed by atoms with van der Waals surface area (Å²) < 4.78 is 35.5. The van der Waals surface area contributed by atoms with E-state index in [0.717, 1.165) is 5.41 Å². The van der Waals surface area contributed by atoms with Crippen LogP contribution in [0.5, 0.6) is 0 Å². The molecule has 0 saturated carbocycles. The van der Waals surface area contributed by atoms with E-state index in [1.54, 1.807) is 6.92 Å². The fourth-order valence-electron chi connectivity index (χ4n) is 0.824. The molecule has 1 atom stereocenters. The summed E-state index contributed by atoms with van der Waals surface area (Å²) in [7, 11) is -3.66. The zero-order chi connectivity index (χ0) is 10.6. The van der Waals surface area contributed by atoms with Crippen molar-refractivity contribution < 1.29 is 26.9 Å². The van der Waals surface area contributed by atoms with Gasteiger partial charge in [0.2, 0.25) is 0 Å². The number of carbonyl (C=O) groups excluding carboxylic acids is 1. The lowest BCUT2D eigenvalue weighted by atomic mass is 10.4. The van der Waals surface area contributed by atoms with Gasteiger partial charge in [-0.3, -0.25) is 4.18 Å². The minimum Gasteiger partial charge on any atom is -0.430 e. The van der Waals surface area contributed by atoms with E-state index < -0.39 is 22.4 Å². The first-order chi connectivity index (χ1) is 6.53. The molecule has 0 aromatic heterocycles. The summed E-state index contributed by atoms with van der Waals surface area (Å²) in [4.78, 5) is 10.4. The van der Waals surface area contributed by atoms with E-state index in [4.69, 9.17) is 0 Å². The molecule has 0 aliphatic carbocycles. The van der Waals surface area contributed by atoms with Crippen molar-refractivity contribution in [3.8, 4) is 0 Å². The van der Waals surface area contributed by atoms with Crippen LogP contribution in [-0.2, 0) is 23.8 Å². The van der Waals surface area contributed by atoms with Crippen LogP contribution in [0.3, 0.4) is 0 Å². The van der Waals surface area contributed by atoms with Crippen LogP contribution < -0.4 is 0 Å². The van der Waals surface area contributed by atoms with Gasteiger partial charge in [0.1, 0.15) is 13.2 Å². The summed E-state index contributed by atoms with van der Waals surface area (Å²) in [5, 5.41) is 0.921. The van der Waals surface area contributed by atoms with Crippen molar-refractivity contribution in [3.63, 3.8) is 0 Å². The predicted octanol–water partition coefficient (Wildman–Crippen LogP) is 0.402. The fourth-order valence-corrected chi connectivity index (χ4v) is 1.58. The minimum atomic E-state index is -3.66. The molecule has 0 N–H and O–H groups in total. The van der Waals surface area contributed by atoms with Crippen molar-refractivity contribution >= 4 is 16.3 Å². The van der Waals surface area contributed by atoms with Crippen molar-refractivity contribution in [3.05, 3.63) is 11.5 Å². The van der Waals surface area contributed by atoms with Gasteiger partial charge in [-0.2, -0.15) is 8.42 Å². The van der Waals surface area contributed by atoms with Gasteiger partial charge in [0.15, 0.2) is 6.10 Å². The van der Waals surface area contributed by atoms with E-state index in [-0.39, 0.29) is 13.2 Å². The summed E-state index contributed by atoms with van der Waals surface area (Å²) in [6, 6.07) is 0. The maximum Gasteiger partial charge on any atom is 0.508 e. The lowest BCUT2D eigenvalue weighted by Gasteiger charge is -2.04. The first kappa shape index (κ1) is 11.0. The molecular formula is C7H10O6S. The van der Waals surface area contributed by atoms with Gasteiger partial charge in [-0.1, -0.05) is 6.08 Å². The molecule has 14 heavy (non-hydrogen) atoms. The smallest absolute Gasteiger partial charge is 0.430 e. The number of cyclic esters (lactones) is 2. The van der Waals surface area contributed by atoms with Gasteiger partial charge in [-0.25, -0.2) is 4.79 Å². The van der Waals surface area contributed by atoms with E-state index in [9.17, 15) is 13.2 Å². The minimum absolute atomic E-state index is 0.0180. The van der Waals surface area contributed by atoms with Crippen LogP contribution in [0, 0.1) is 0 Å². The Labute approximate surface area is 81.6 Å². The molecule has 1 fully saturated rings. The summed E-state index contributed by atoms with van der Waals surface area (Å²) in [6.45, 7) is 1.35. The normalized spacial score (nSPS) is 22.4. The Balaban J connectivity index is 2.37. The van der Waals surface area contributed by atoms with Gasteiger partial charge in [0, 0.05) is 0 Å². The van der Waals surface area contributed by atoms with E-state index in [0.29, 0.717) is 0 Å². The van der Waals surface area contributed by atoms with Crippen molar-refractivity contribution in [2.75, 3.05) is 13.2 Å². The quantitative estimate of drug-likeness (QED) is 0.506. The van der Waals surface area contributed by atoms with Crippen LogP contribution in [-0.4, -0.2) is 33.9 Å². The molecule has 0 amide bonds. The van der Waals surface area contributed by atoms with Gasteiger partial charge < -0.3 is 9.47 Å². The summed E-state index contributed by atoms with van der Waals surface area (Å²) >= 11 is 0. The van der Waals surface area contributed by atoms with Gasteiger partial charge in [0.25, 0.3) is 10.1 Å². The lowest BCUT2D eigenvalue weighted by molar-refractivity contribution is 0.100. The highest BCUT2D eigenvalue weighted by atomic mass is 32.2. The van der Waals surface area contributed by atoms with E-state index >= 15 is 0 Å². The third-order valence-corrected chi connectivity index (χ3v) is 2.44. The summed E-state index contributed by atoms with van der Waals surface area (Å²) in [5.41, 5.74) is 0. The summed E-state index contributed by atoms with van der Waals surface area (Å²) in [5.74, 6) is 0. The first-order valence-electron chi connectivity index (χ1n) is 3.89. The Morgan fingerprint density at radius 3 is 2.86 bits per heavy atom. The van der Waals surface area contributed by atoms with E-state index in [2.05, 4.69) is 13.7 Å². The topological polar surface area (TPSA) is 78.9 Å². The Bertz CT molecular complexity index is 330. The molecule has 0 aromatic rings. The van der Waals surface area contributed by atoms with Gasteiger partial charge in [-0.05, 0) is 6.92 Å². The molecule has 1 rings (SSSR count). The highest BCUT2D eigenvalue weighted by Gasteiger charge is 2.26. The van der Waals surface area contributed by atoms with Crippen molar-refractivity contribution in [2.45, 2.75) is 13.0 Å². The van der Waals surface area contributed by atoms with Gasteiger partial charge in [-0.15, -0.1) is 0 Å². The average molecular weight is 222 g/mol. The number of rotatable bonds is 4. The third kappa shape index (κ3) is 3.35. The van der Waals surface area contributed by atoms with E-state index in [1.165, 1.54) is 6.08 Å². The highest BCUT2D eigenvalue weighted by molar-refractivity contribution is 7.89. The monoisotopic (exact) mass is 222 g/mol. The van der Waals surface area contributed by atoms with Crippen LogP contribution in [0.2, 0.25) is 0 Å². The number of hydrogen-bond donors (Lipinski definition) is 0. The molecule has 1 unspecified atom stereocenters. The average Bonchev–Trinajstić information content (AvgIpc) is 2.48. The second-order valence-corrected chi connectivity index (χ2v) is 4.04.